The third-order valence-electron chi connectivity index (χ3n) is 6.50. The number of ether oxygens (including phenoxy) is 1. The molecule has 0 aromatic carbocycles. The van der Waals surface area contributed by atoms with E-state index in [4.69, 9.17) is 10.5 Å². The molecule has 0 radical (unpaired) electrons. The number of nitrogens with two attached hydrogens (primary N) is 1. The van der Waals surface area contributed by atoms with Crippen LogP contribution in [-0.4, -0.2) is 18.1 Å². The molecular weight excluding hydrogens is 238 g/mol. The van der Waals surface area contributed by atoms with E-state index < -0.39 is 6.04 Å². The van der Waals surface area contributed by atoms with Gasteiger partial charge in [-0.1, -0.05) is 41.0 Å². The monoisotopic (exact) mass is 267 g/mol. The lowest BCUT2D eigenvalue weighted by molar-refractivity contribution is -0.159. The Balaban J connectivity index is 2.04. The molecular formula is C16H29NO2. The van der Waals surface area contributed by atoms with Gasteiger partial charge in [0, 0.05) is 5.41 Å². The number of hydrogen-bond donors (Lipinski definition) is 1. The van der Waals surface area contributed by atoms with Crippen LogP contribution in [0.1, 0.15) is 60.3 Å². The molecule has 0 saturated heterocycles. The molecule has 0 aliphatic heterocycles. The molecule has 0 amide bonds. The first-order valence-electron chi connectivity index (χ1n) is 7.70. The van der Waals surface area contributed by atoms with Crippen molar-refractivity contribution in [2.75, 3.05) is 0 Å². The molecule has 2 saturated carbocycles. The lowest BCUT2D eigenvalue weighted by Gasteiger charge is -2.38. The molecule has 0 aromatic heterocycles. The molecule has 0 aromatic rings. The van der Waals surface area contributed by atoms with Crippen molar-refractivity contribution in [2.45, 2.75) is 72.4 Å². The van der Waals surface area contributed by atoms with E-state index in [1.807, 2.05) is 6.92 Å². The second-order valence-corrected chi connectivity index (χ2v) is 7.45. The number of esters is 1. The Labute approximate surface area is 117 Å². The minimum absolute atomic E-state index is 0.0591. The molecule has 110 valence electrons. The summed E-state index contributed by atoms with van der Waals surface area (Å²) in [4.78, 5) is 12.2. The van der Waals surface area contributed by atoms with Crippen LogP contribution in [0.25, 0.3) is 0 Å². The summed E-state index contributed by atoms with van der Waals surface area (Å²) in [5, 5.41) is 0. The Morgan fingerprint density at radius 2 is 2.05 bits per heavy atom. The van der Waals surface area contributed by atoms with Crippen molar-refractivity contribution < 1.29 is 9.53 Å². The number of fused-ring (bicyclic) bond motifs is 2. The molecule has 2 aliphatic carbocycles. The zero-order chi connectivity index (χ0) is 14.4. The second kappa shape index (κ2) is 4.76. The zero-order valence-corrected chi connectivity index (χ0v) is 13.0. The summed E-state index contributed by atoms with van der Waals surface area (Å²) in [6.07, 6.45) is 4.43. The summed E-state index contributed by atoms with van der Waals surface area (Å²) in [6.45, 7) is 11.0. The van der Waals surface area contributed by atoms with Crippen molar-refractivity contribution in [3.63, 3.8) is 0 Å². The van der Waals surface area contributed by atoms with Gasteiger partial charge in [0.1, 0.15) is 12.1 Å². The topological polar surface area (TPSA) is 52.3 Å². The second-order valence-electron chi connectivity index (χ2n) is 7.45. The highest BCUT2D eigenvalue weighted by atomic mass is 16.5. The van der Waals surface area contributed by atoms with Gasteiger partial charge in [-0.15, -0.1) is 0 Å². The molecule has 2 N–H and O–H groups in total. The van der Waals surface area contributed by atoms with Gasteiger partial charge in [-0.05, 0) is 36.5 Å². The van der Waals surface area contributed by atoms with Gasteiger partial charge in [0.25, 0.3) is 0 Å². The van der Waals surface area contributed by atoms with Crippen LogP contribution < -0.4 is 5.73 Å². The van der Waals surface area contributed by atoms with Crippen LogP contribution in [0.5, 0.6) is 0 Å². The van der Waals surface area contributed by atoms with E-state index in [1.165, 1.54) is 12.8 Å². The minimum Gasteiger partial charge on any atom is -0.461 e. The van der Waals surface area contributed by atoms with Gasteiger partial charge in [-0.3, -0.25) is 4.79 Å². The third-order valence-corrected chi connectivity index (χ3v) is 6.50. The van der Waals surface area contributed by atoms with Gasteiger partial charge in [0.05, 0.1) is 0 Å². The van der Waals surface area contributed by atoms with Crippen LogP contribution in [0, 0.1) is 22.7 Å². The summed E-state index contributed by atoms with van der Waals surface area (Å²) in [5.74, 6) is 0.672. The van der Waals surface area contributed by atoms with Crippen LogP contribution in [0.2, 0.25) is 0 Å². The normalized spacial score (nSPS) is 39.1. The van der Waals surface area contributed by atoms with Gasteiger partial charge in [-0.2, -0.15) is 0 Å². The van der Waals surface area contributed by atoms with Gasteiger partial charge in [-0.25, -0.2) is 0 Å². The van der Waals surface area contributed by atoms with E-state index in [1.54, 1.807) is 0 Å². The molecule has 5 unspecified atom stereocenters. The Bertz CT molecular complexity index is 366. The van der Waals surface area contributed by atoms with Crippen LogP contribution in [0.3, 0.4) is 0 Å². The Morgan fingerprint density at radius 1 is 1.42 bits per heavy atom. The maximum absolute atomic E-state index is 12.2. The number of hydrogen-bond acceptors (Lipinski definition) is 3. The quantitative estimate of drug-likeness (QED) is 0.796. The average Bonchev–Trinajstić information content (AvgIpc) is 2.69. The first-order chi connectivity index (χ1) is 8.74. The van der Waals surface area contributed by atoms with E-state index in [0.717, 1.165) is 12.8 Å². The maximum Gasteiger partial charge on any atom is 0.323 e. The van der Waals surface area contributed by atoms with Crippen molar-refractivity contribution >= 4 is 5.97 Å². The molecule has 0 heterocycles. The number of carbonyl (C=O) groups is 1. The Hall–Kier alpha value is -0.570. The molecule has 2 rings (SSSR count). The van der Waals surface area contributed by atoms with Crippen LogP contribution in [0.15, 0.2) is 0 Å². The van der Waals surface area contributed by atoms with Gasteiger partial charge in [0.2, 0.25) is 0 Å². The molecule has 3 nitrogen and oxygen atoms in total. The smallest absolute Gasteiger partial charge is 0.323 e. The summed E-state index contributed by atoms with van der Waals surface area (Å²) in [5.41, 5.74) is 6.39. The number of carbonyl (C=O) groups excluding carboxylic acids is 1. The fraction of sp³-hybridized carbons (Fsp3) is 0.938. The largest absolute Gasteiger partial charge is 0.461 e. The molecule has 0 spiro atoms. The van der Waals surface area contributed by atoms with E-state index in [0.29, 0.717) is 5.92 Å². The maximum atomic E-state index is 12.2. The fourth-order valence-electron chi connectivity index (χ4n) is 4.01. The average molecular weight is 267 g/mol. The highest BCUT2D eigenvalue weighted by molar-refractivity contribution is 5.76. The predicted molar refractivity (Wildman–Crippen MR) is 76.5 cm³/mol. The van der Waals surface area contributed by atoms with E-state index in [2.05, 4.69) is 27.7 Å². The molecule has 2 fully saturated rings. The summed E-state index contributed by atoms with van der Waals surface area (Å²) < 4.78 is 5.80. The SMILES string of the molecule is CCC(C)C(N)C(=O)OC1CC2CCC1(C)C2(C)C. The lowest BCUT2D eigenvalue weighted by atomic mass is 9.70. The van der Waals surface area contributed by atoms with Gasteiger partial charge < -0.3 is 10.5 Å². The highest BCUT2D eigenvalue weighted by Crippen LogP contribution is 2.66. The van der Waals surface area contributed by atoms with E-state index in [9.17, 15) is 4.79 Å². The van der Waals surface area contributed by atoms with Crippen molar-refractivity contribution in [2.24, 2.45) is 28.4 Å². The van der Waals surface area contributed by atoms with E-state index in [-0.39, 0.29) is 28.8 Å². The Morgan fingerprint density at radius 3 is 2.47 bits per heavy atom. The minimum atomic E-state index is -0.476. The van der Waals surface area contributed by atoms with Crippen molar-refractivity contribution in [3.05, 3.63) is 0 Å². The van der Waals surface area contributed by atoms with Crippen molar-refractivity contribution in [1.29, 1.82) is 0 Å². The van der Waals surface area contributed by atoms with Crippen LogP contribution >= 0.6 is 0 Å². The zero-order valence-electron chi connectivity index (χ0n) is 13.0. The molecule has 2 bridgehead atoms. The van der Waals surface area contributed by atoms with Crippen LogP contribution in [0.4, 0.5) is 0 Å². The Kier molecular flexibility index (Phi) is 3.72. The first kappa shape index (κ1) is 14.8. The standard InChI is InChI=1S/C16H29NO2/c1-6-10(2)13(17)14(18)19-12-9-11-7-8-16(12,5)15(11,3)4/h10-13H,6-9,17H2,1-5H3. The molecule has 5 atom stereocenters. The summed E-state index contributed by atoms with van der Waals surface area (Å²) in [6, 6.07) is -0.476. The summed E-state index contributed by atoms with van der Waals surface area (Å²) >= 11 is 0. The third kappa shape index (κ3) is 2.10. The number of rotatable bonds is 4. The molecule has 2 aliphatic rings. The fourth-order valence-corrected chi connectivity index (χ4v) is 4.01. The lowest BCUT2D eigenvalue weighted by Crippen LogP contribution is -2.44. The highest BCUT2D eigenvalue weighted by Gasteiger charge is 2.63. The predicted octanol–water partition coefficient (Wildman–Crippen LogP) is 3.12. The molecule has 3 heteroatoms. The van der Waals surface area contributed by atoms with Crippen molar-refractivity contribution in [3.8, 4) is 0 Å². The van der Waals surface area contributed by atoms with Gasteiger partial charge in [0.15, 0.2) is 0 Å². The van der Waals surface area contributed by atoms with E-state index >= 15 is 0 Å². The molecule has 19 heavy (non-hydrogen) atoms. The van der Waals surface area contributed by atoms with Gasteiger partial charge >= 0.3 is 5.97 Å². The first-order valence-corrected chi connectivity index (χ1v) is 7.70. The van der Waals surface area contributed by atoms with Crippen LogP contribution in [-0.2, 0) is 9.53 Å². The van der Waals surface area contributed by atoms with Crippen molar-refractivity contribution in [1.82, 2.24) is 0 Å². The summed E-state index contributed by atoms with van der Waals surface area (Å²) in [7, 11) is 0.